The second-order valence-electron chi connectivity index (χ2n) is 8.99. The number of carboxylic acid groups (broad SMARTS) is 1. The molecule has 0 spiro atoms. The molecular weight excluding hydrogens is 453 g/mol. The van der Waals surface area contributed by atoms with E-state index in [2.05, 4.69) is 15.3 Å². The number of para-hydroxylation sites is 1. The zero-order chi connectivity index (χ0) is 24.3. The van der Waals surface area contributed by atoms with E-state index < -0.39 is 17.2 Å². The standard InChI is InChI=1S/C25H22FN5O4/c1-13-11-35-23-20-16(22(32)17(25(33)34)10-31(13)20)8-18(26)21(23)30-7-6-14(9-30)29-24-15-4-2-3-5-19(15)27-12-28-24/h2-5,8,10,12-14H,6-7,9,11H2,1H3,(H,33,34)(H,27,28,29)/t13-,14?/m0/s1. The van der Waals surface area contributed by atoms with Gasteiger partial charge >= 0.3 is 5.97 Å². The number of halogens is 1. The van der Waals surface area contributed by atoms with E-state index in [-0.39, 0.29) is 41.1 Å². The number of hydrogen-bond acceptors (Lipinski definition) is 7. The van der Waals surface area contributed by atoms with Gasteiger partial charge in [0.25, 0.3) is 0 Å². The van der Waals surface area contributed by atoms with Crippen LogP contribution < -0.4 is 20.4 Å². The van der Waals surface area contributed by atoms with Gasteiger partial charge < -0.3 is 24.6 Å². The van der Waals surface area contributed by atoms with E-state index >= 15 is 4.39 Å². The number of fused-ring (bicyclic) bond motifs is 1. The van der Waals surface area contributed by atoms with Gasteiger partial charge in [-0.3, -0.25) is 4.79 Å². The summed E-state index contributed by atoms with van der Waals surface area (Å²) in [7, 11) is 0. The van der Waals surface area contributed by atoms with Crippen LogP contribution in [-0.4, -0.2) is 51.3 Å². The van der Waals surface area contributed by atoms with Crippen molar-refractivity contribution in [1.29, 1.82) is 0 Å². The third-order valence-electron chi connectivity index (χ3n) is 6.76. The Morgan fingerprint density at radius 3 is 2.91 bits per heavy atom. The minimum absolute atomic E-state index is 0.00836. The lowest BCUT2D eigenvalue weighted by molar-refractivity contribution is 0.0694. The summed E-state index contributed by atoms with van der Waals surface area (Å²) < 4.78 is 23.2. The largest absolute Gasteiger partial charge is 0.487 e. The van der Waals surface area contributed by atoms with Crippen LogP contribution in [0.25, 0.3) is 21.8 Å². The van der Waals surface area contributed by atoms with E-state index in [0.29, 0.717) is 18.6 Å². The van der Waals surface area contributed by atoms with Gasteiger partial charge in [-0.25, -0.2) is 19.2 Å². The Labute approximate surface area is 198 Å². The van der Waals surface area contributed by atoms with E-state index in [9.17, 15) is 14.7 Å². The van der Waals surface area contributed by atoms with Crippen LogP contribution in [0.15, 0.2) is 47.7 Å². The maximum Gasteiger partial charge on any atom is 0.341 e. The van der Waals surface area contributed by atoms with Gasteiger partial charge in [0.05, 0.1) is 22.5 Å². The Hall–Kier alpha value is -4.21. The smallest absolute Gasteiger partial charge is 0.341 e. The van der Waals surface area contributed by atoms with Crippen molar-refractivity contribution in [3.63, 3.8) is 0 Å². The van der Waals surface area contributed by atoms with Crippen LogP contribution in [0.1, 0.15) is 29.7 Å². The molecule has 6 rings (SSSR count). The molecule has 0 aliphatic carbocycles. The van der Waals surface area contributed by atoms with Gasteiger partial charge in [0.15, 0.2) is 11.6 Å². The second kappa shape index (κ2) is 7.93. The highest BCUT2D eigenvalue weighted by atomic mass is 19.1. The van der Waals surface area contributed by atoms with Crippen molar-refractivity contribution < 1.29 is 19.0 Å². The summed E-state index contributed by atoms with van der Waals surface area (Å²) in [5.41, 5.74) is 0.452. The molecule has 2 aliphatic heterocycles. The Morgan fingerprint density at radius 1 is 1.26 bits per heavy atom. The van der Waals surface area contributed by atoms with Crippen LogP contribution in [0.5, 0.6) is 5.75 Å². The fourth-order valence-corrected chi connectivity index (χ4v) is 5.05. The minimum atomic E-state index is -1.34. The summed E-state index contributed by atoms with van der Waals surface area (Å²) in [4.78, 5) is 35.0. The number of nitrogens with zero attached hydrogens (tertiary/aromatic N) is 4. The summed E-state index contributed by atoms with van der Waals surface area (Å²) in [6.07, 6.45) is 3.60. The number of hydrogen-bond donors (Lipinski definition) is 2. The molecule has 4 aromatic rings. The van der Waals surface area contributed by atoms with E-state index in [0.717, 1.165) is 29.2 Å². The molecule has 2 aromatic heterocycles. The SMILES string of the molecule is C[C@H]1COc2c(N3CCC(Nc4ncnc5ccccc45)C3)c(F)cc3c(=O)c(C(=O)O)cn1c23. The van der Waals surface area contributed by atoms with Gasteiger partial charge in [-0.1, -0.05) is 12.1 Å². The van der Waals surface area contributed by atoms with Gasteiger partial charge in [0.1, 0.15) is 30.0 Å². The molecule has 178 valence electrons. The van der Waals surface area contributed by atoms with Crippen LogP contribution in [-0.2, 0) is 0 Å². The number of rotatable bonds is 4. The number of nitrogens with one attached hydrogen (secondary N) is 1. The molecular formula is C25H22FN5O4. The molecule has 9 nitrogen and oxygen atoms in total. The number of ether oxygens (including phenoxy) is 1. The summed E-state index contributed by atoms with van der Waals surface area (Å²) in [6, 6.07) is 8.67. The van der Waals surface area contributed by atoms with Gasteiger partial charge in [-0.15, -0.1) is 0 Å². The van der Waals surface area contributed by atoms with E-state index in [1.165, 1.54) is 12.5 Å². The Kier molecular flexibility index (Phi) is 4.84. The van der Waals surface area contributed by atoms with Crippen LogP contribution in [0.4, 0.5) is 15.9 Å². The van der Waals surface area contributed by atoms with Crippen molar-refractivity contribution in [1.82, 2.24) is 14.5 Å². The second-order valence-corrected chi connectivity index (χ2v) is 8.99. The number of benzene rings is 2. The molecule has 1 fully saturated rings. The average molecular weight is 475 g/mol. The van der Waals surface area contributed by atoms with Crippen molar-refractivity contribution in [3.05, 3.63) is 64.5 Å². The lowest BCUT2D eigenvalue weighted by atomic mass is 10.1. The third kappa shape index (κ3) is 3.36. The molecule has 0 bridgehead atoms. The van der Waals surface area contributed by atoms with Gasteiger partial charge in [-0.05, 0) is 31.5 Å². The van der Waals surface area contributed by atoms with Crippen molar-refractivity contribution in [2.45, 2.75) is 25.4 Å². The molecule has 1 unspecified atom stereocenters. The molecule has 35 heavy (non-hydrogen) atoms. The number of carboxylic acids is 1. The fraction of sp³-hybridized carbons (Fsp3) is 0.280. The van der Waals surface area contributed by atoms with Crippen molar-refractivity contribution >= 4 is 39.3 Å². The third-order valence-corrected chi connectivity index (χ3v) is 6.76. The van der Waals surface area contributed by atoms with Gasteiger partial charge in [0, 0.05) is 30.7 Å². The van der Waals surface area contributed by atoms with Crippen molar-refractivity contribution in [2.75, 3.05) is 29.9 Å². The van der Waals surface area contributed by atoms with Crippen molar-refractivity contribution in [3.8, 4) is 5.75 Å². The lowest BCUT2D eigenvalue weighted by Gasteiger charge is -2.31. The van der Waals surface area contributed by atoms with Crippen LogP contribution in [0.3, 0.4) is 0 Å². The molecule has 0 amide bonds. The van der Waals surface area contributed by atoms with Crippen molar-refractivity contribution in [2.24, 2.45) is 0 Å². The molecule has 0 saturated carbocycles. The molecule has 10 heteroatoms. The number of pyridine rings is 1. The minimum Gasteiger partial charge on any atom is -0.487 e. The van der Waals surface area contributed by atoms with Crippen LogP contribution in [0.2, 0.25) is 0 Å². The number of anilines is 2. The van der Waals surface area contributed by atoms with Gasteiger partial charge in [0.2, 0.25) is 5.43 Å². The predicted octanol–water partition coefficient (Wildman–Crippen LogP) is 3.43. The number of aromatic carboxylic acids is 1. The van der Waals surface area contributed by atoms with E-state index in [1.54, 1.807) is 4.57 Å². The zero-order valence-electron chi connectivity index (χ0n) is 18.9. The molecule has 0 radical (unpaired) electrons. The summed E-state index contributed by atoms with van der Waals surface area (Å²) in [5.74, 6) is -0.944. The maximum absolute atomic E-state index is 15.5. The predicted molar refractivity (Wildman–Crippen MR) is 129 cm³/mol. The maximum atomic E-state index is 15.5. The monoisotopic (exact) mass is 475 g/mol. The first-order chi connectivity index (χ1) is 16.9. The van der Waals surface area contributed by atoms with E-state index in [1.807, 2.05) is 36.1 Å². The summed E-state index contributed by atoms with van der Waals surface area (Å²) in [6.45, 7) is 3.18. The number of carbonyl (C=O) groups is 1. The highest BCUT2D eigenvalue weighted by Crippen LogP contribution is 2.43. The average Bonchev–Trinajstić information content (AvgIpc) is 3.30. The molecule has 2 atom stereocenters. The van der Waals surface area contributed by atoms with Gasteiger partial charge in [-0.2, -0.15) is 0 Å². The number of aromatic nitrogens is 3. The van der Waals surface area contributed by atoms with Crippen LogP contribution in [0, 0.1) is 5.82 Å². The molecule has 4 heterocycles. The normalized spacial score (nSPS) is 19.2. The molecule has 1 saturated heterocycles. The zero-order valence-corrected chi connectivity index (χ0v) is 18.9. The highest BCUT2D eigenvalue weighted by molar-refractivity contribution is 5.97. The first-order valence-corrected chi connectivity index (χ1v) is 11.4. The topological polar surface area (TPSA) is 110 Å². The molecule has 2 aromatic carbocycles. The lowest BCUT2D eigenvalue weighted by Crippen LogP contribution is -2.30. The quantitative estimate of drug-likeness (QED) is 0.462. The first kappa shape index (κ1) is 21.3. The molecule has 2 N–H and O–H groups in total. The Bertz CT molecular complexity index is 1560. The Balaban J connectivity index is 1.39. The molecule has 2 aliphatic rings. The Morgan fingerprint density at radius 2 is 2.09 bits per heavy atom. The summed E-state index contributed by atoms with van der Waals surface area (Å²) >= 11 is 0. The fourth-order valence-electron chi connectivity index (χ4n) is 5.05. The van der Waals surface area contributed by atoms with E-state index in [4.69, 9.17) is 4.74 Å². The first-order valence-electron chi connectivity index (χ1n) is 11.4. The summed E-state index contributed by atoms with van der Waals surface area (Å²) in [5, 5.41) is 13.9. The van der Waals surface area contributed by atoms with Crippen LogP contribution >= 0.6 is 0 Å². The highest BCUT2D eigenvalue weighted by Gasteiger charge is 2.33.